The van der Waals surface area contributed by atoms with Crippen molar-refractivity contribution in [1.82, 2.24) is 5.32 Å². The van der Waals surface area contributed by atoms with Gasteiger partial charge in [-0.15, -0.1) is 0 Å². The first-order chi connectivity index (χ1) is 8.72. The van der Waals surface area contributed by atoms with Crippen LogP contribution >= 0.6 is 0 Å². The maximum atomic E-state index is 12.0. The predicted molar refractivity (Wildman–Crippen MR) is 75.7 cm³/mol. The maximum absolute atomic E-state index is 12.0. The van der Waals surface area contributed by atoms with Gasteiger partial charge in [-0.2, -0.15) is 0 Å². The summed E-state index contributed by atoms with van der Waals surface area (Å²) in [7, 11) is 0. The molecular weight excluding hydrogens is 226 g/mol. The smallest absolute Gasteiger partial charge is 0.321 e. The van der Waals surface area contributed by atoms with Gasteiger partial charge in [-0.25, -0.2) is 4.79 Å². The molecule has 0 saturated heterocycles. The van der Waals surface area contributed by atoms with Crippen LogP contribution in [0.2, 0.25) is 0 Å². The Balaban J connectivity index is 2.66. The Labute approximate surface area is 109 Å². The second-order valence-corrected chi connectivity index (χ2v) is 4.20. The number of hydrogen-bond acceptors (Lipinski definition) is 2. The molecule has 0 aromatic heterocycles. The van der Waals surface area contributed by atoms with E-state index in [0.29, 0.717) is 13.1 Å². The van der Waals surface area contributed by atoms with E-state index in [4.69, 9.17) is 5.73 Å². The van der Waals surface area contributed by atoms with Crippen molar-refractivity contribution in [2.75, 3.05) is 18.0 Å². The lowest BCUT2D eigenvalue weighted by Gasteiger charge is -2.21. The molecule has 4 nitrogen and oxygen atoms in total. The molecule has 1 aromatic carbocycles. The van der Waals surface area contributed by atoms with Crippen molar-refractivity contribution in [1.29, 1.82) is 0 Å². The number of benzene rings is 1. The van der Waals surface area contributed by atoms with Crippen molar-refractivity contribution < 1.29 is 4.79 Å². The highest BCUT2D eigenvalue weighted by molar-refractivity contribution is 5.91. The third kappa shape index (κ3) is 4.04. The van der Waals surface area contributed by atoms with E-state index in [-0.39, 0.29) is 6.03 Å². The molecule has 18 heavy (non-hydrogen) atoms. The highest BCUT2D eigenvalue weighted by Gasteiger charge is 2.12. The third-order valence-electron chi connectivity index (χ3n) is 2.85. The first-order valence-corrected chi connectivity index (χ1v) is 6.57. The molecule has 0 aliphatic carbocycles. The van der Waals surface area contributed by atoms with Gasteiger partial charge in [-0.3, -0.25) is 4.90 Å². The number of nitrogens with zero attached hydrogens (tertiary/aromatic N) is 1. The summed E-state index contributed by atoms with van der Waals surface area (Å²) in [6.45, 7) is 5.98. The van der Waals surface area contributed by atoms with Crippen LogP contribution in [-0.4, -0.2) is 19.1 Å². The van der Waals surface area contributed by atoms with Gasteiger partial charge in [0.05, 0.1) is 0 Å². The zero-order valence-electron chi connectivity index (χ0n) is 11.3. The number of rotatable bonds is 6. The Morgan fingerprint density at radius 3 is 2.44 bits per heavy atom. The second-order valence-electron chi connectivity index (χ2n) is 4.20. The minimum absolute atomic E-state index is 0.0357. The minimum atomic E-state index is -0.0357. The molecule has 0 spiro atoms. The Morgan fingerprint density at radius 2 is 1.94 bits per heavy atom. The van der Waals surface area contributed by atoms with Crippen LogP contribution in [0, 0.1) is 0 Å². The fraction of sp³-hybridized carbons (Fsp3) is 0.500. The molecule has 0 saturated carbocycles. The summed E-state index contributed by atoms with van der Waals surface area (Å²) < 4.78 is 0. The van der Waals surface area contributed by atoms with Gasteiger partial charge in [0.15, 0.2) is 0 Å². The van der Waals surface area contributed by atoms with Crippen molar-refractivity contribution in [2.24, 2.45) is 5.73 Å². The van der Waals surface area contributed by atoms with Crippen molar-refractivity contribution >= 4 is 11.7 Å². The van der Waals surface area contributed by atoms with Crippen molar-refractivity contribution in [3.05, 3.63) is 29.8 Å². The average molecular weight is 249 g/mol. The van der Waals surface area contributed by atoms with Crippen LogP contribution in [0.5, 0.6) is 0 Å². The molecule has 0 fully saturated rings. The molecule has 3 N–H and O–H groups in total. The Bertz CT molecular complexity index is 362. The topological polar surface area (TPSA) is 58.4 Å². The van der Waals surface area contributed by atoms with Crippen molar-refractivity contribution in [3.63, 3.8) is 0 Å². The summed E-state index contributed by atoms with van der Waals surface area (Å²) in [6.07, 6.45) is 2.09. The largest absolute Gasteiger partial charge is 0.338 e. The first-order valence-electron chi connectivity index (χ1n) is 6.57. The van der Waals surface area contributed by atoms with Crippen molar-refractivity contribution in [3.8, 4) is 0 Å². The zero-order chi connectivity index (χ0) is 13.4. The van der Waals surface area contributed by atoms with Crippen LogP contribution in [0.25, 0.3) is 0 Å². The number of carbonyl (C=O) groups excluding carboxylic acids is 1. The average Bonchev–Trinajstić information content (AvgIpc) is 2.41. The van der Waals surface area contributed by atoms with Gasteiger partial charge in [-0.05, 0) is 31.0 Å². The van der Waals surface area contributed by atoms with Crippen LogP contribution < -0.4 is 16.0 Å². The Morgan fingerprint density at radius 1 is 1.28 bits per heavy atom. The summed E-state index contributed by atoms with van der Waals surface area (Å²) in [5.74, 6) is 0. The van der Waals surface area contributed by atoms with Gasteiger partial charge in [0.2, 0.25) is 0 Å². The van der Waals surface area contributed by atoms with E-state index in [0.717, 1.165) is 30.6 Å². The highest BCUT2D eigenvalue weighted by Crippen LogP contribution is 2.15. The summed E-state index contributed by atoms with van der Waals surface area (Å²) in [6, 6.07) is 7.75. The van der Waals surface area contributed by atoms with Gasteiger partial charge in [0, 0.05) is 25.3 Å². The van der Waals surface area contributed by atoms with Gasteiger partial charge >= 0.3 is 6.03 Å². The second kappa shape index (κ2) is 7.71. The molecule has 4 heteroatoms. The molecule has 1 aromatic rings. The zero-order valence-corrected chi connectivity index (χ0v) is 11.3. The predicted octanol–water partition coefficient (Wildman–Crippen LogP) is 2.48. The summed E-state index contributed by atoms with van der Waals surface area (Å²) in [5, 5.41) is 2.92. The molecule has 0 radical (unpaired) electrons. The standard InChI is InChI=1S/C14H23N3O/c1-3-5-10-16-14(18)17(4-2)13-8-6-12(11-15)7-9-13/h6-9H,3-5,10-11,15H2,1-2H3,(H,16,18). The van der Waals surface area contributed by atoms with Crippen LogP contribution in [0.15, 0.2) is 24.3 Å². The normalized spacial score (nSPS) is 10.2. The number of amides is 2. The number of unbranched alkanes of at least 4 members (excludes halogenated alkanes) is 1. The van der Waals surface area contributed by atoms with Crippen molar-refractivity contribution in [2.45, 2.75) is 33.2 Å². The lowest BCUT2D eigenvalue weighted by molar-refractivity contribution is 0.246. The van der Waals surface area contributed by atoms with E-state index in [1.165, 1.54) is 0 Å². The quantitative estimate of drug-likeness (QED) is 0.761. The van der Waals surface area contributed by atoms with Crippen LogP contribution in [-0.2, 0) is 6.54 Å². The molecular formula is C14H23N3O. The van der Waals surface area contributed by atoms with Crippen LogP contribution in [0.4, 0.5) is 10.5 Å². The SMILES string of the molecule is CCCCNC(=O)N(CC)c1ccc(CN)cc1. The molecule has 0 aliphatic heterocycles. The molecule has 0 bridgehead atoms. The van der Waals surface area contributed by atoms with E-state index >= 15 is 0 Å². The highest BCUT2D eigenvalue weighted by atomic mass is 16.2. The molecule has 0 atom stereocenters. The van der Waals surface area contributed by atoms with Gasteiger partial charge in [0.1, 0.15) is 0 Å². The lowest BCUT2D eigenvalue weighted by Crippen LogP contribution is -2.40. The van der Waals surface area contributed by atoms with Crippen LogP contribution in [0.3, 0.4) is 0 Å². The van der Waals surface area contributed by atoms with E-state index in [1.807, 2.05) is 31.2 Å². The minimum Gasteiger partial charge on any atom is -0.338 e. The first kappa shape index (κ1) is 14.5. The summed E-state index contributed by atoms with van der Waals surface area (Å²) in [5.41, 5.74) is 7.53. The van der Waals surface area contributed by atoms with Gasteiger partial charge < -0.3 is 11.1 Å². The summed E-state index contributed by atoms with van der Waals surface area (Å²) >= 11 is 0. The number of hydrogen-bond donors (Lipinski definition) is 2. The lowest BCUT2D eigenvalue weighted by atomic mass is 10.2. The molecule has 2 amide bonds. The fourth-order valence-corrected chi connectivity index (χ4v) is 1.72. The number of nitrogens with two attached hydrogens (primary N) is 1. The number of urea groups is 1. The molecule has 100 valence electrons. The molecule has 0 aliphatic rings. The molecule has 0 heterocycles. The number of nitrogens with one attached hydrogen (secondary N) is 1. The number of carbonyl (C=O) groups is 1. The maximum Gasteiger partial charge on any atom is 0.321 e. The molecule has 1 rings (SSSR count). The van der Waals surface area contributed by atoms with Gasteiger partial charge in [0.25, 0.3) is 0 Å². The molecule has 0 unspecified atom stereocenters. The monoisotopic (exact) mass is 249 g/mol. The summed E-state index contributed by atoms with van der Waals surface area (Å²) in [4.78, 5) is 13.7. The Kier molecular flexibility index (Phi) is 6.22. The van der Waals surface area contributed by atoms with Crippen LogP contribution in [0.1, 0.15) is 32.3 Å². The fourth-order valence-electron chi connectivity index (χ4n) is 1.72. The van der Waals surface area contributed by atoms with E-state index in [9.17, 15) is 4.79 Å². The third-order valence-corrected chi connectivity index (χ3v) is 2.85. The van der Waals surface area contributed by atoms with E-state index < -0.39 is 0 Å². The van der Waals surface area contributed by atoms with E-state index in [2.05, 4.69) is 12.2 Å². The number of anilines is 1. The van der Waals surface area contributed by atoms with E-state index in [1.54, 1.807) is 4.90 Å². The van der Waals surface area contributed by atoms with Gasteiger partial charge in [-0.1, -0.05) is 25.5 Å². The Hall–Kier alpha value is -1.55.